The van der Waals surface area contributed by atoms with Gasteiger partial charge in [0, 0.05) is 25.7 Å². The Bertz CT molecular complexity index is 2010. The van der Waals surface area contributed by atoms with Crippen LogP contribution < -0.4 is 0 Å². The molecule has 17 nitrogen and oxygen atoms in total. The van der Waals surface area contributed by atoms with E-state index in [1.165, 1.54) is 276 Å². The van der Waals surface area contributed by atoms with E-state index in [1.807, 2.05) is 0 Å². The molecular formula is C86H168O17P2. The maximum Gasteiger partial charge on any atom is 0.472 e. The molecule has 0 spiro atoms. The molecule has 624 valence electrons. The van der Waals surface area contributed by atoms with Crippen LogP contribution in [0.5, 0.6) is 0 Å². The predicted octanol–water partition coefficient (Wildman–Crippen LogP) is 26.2. The summed E-state index contributed by atoms with van der Waals surface area (Å²) in [4.78, 5) is 73.2. The first-order valence-corrected chi connectivity index (χ1v) is 47.5. The Morgan fingerprint density at radius 2 is 0.486 bits per heavy atom. The molecule has 105 heavy (non-hydrogen) atoms. The maximum atomic E-state index is 13.1. The largest absolute Gasteiger partial charge is 0.472 e. The van der Waals surface area contributed by atoms with Crippen molar-refractivity contribution in [2.75, 3.05) is 39.6 Å². The zero-order chi connectivity index (χ0) is 77.1. The highest BCUT2D eigenvalue weighted by atomic mass is 31.2. The maximum absolute atomic E-state index is 13.1. The van der Waals surface area contributed by atoms with Gasteiger partial charge in [-0.1, -0.05) is 408 Å². The molecule has 0 fully saturated rings. The molecule has 3 unspecified atom stereocenters. The van der Waals surface area contributed by atoms with Crippen LogP contribution in [-0.4, -0.2) is 96.7 Å². The van der Waals surface area contributed by atoms with Crippen molar-refractivity contribution in [1.29, 1.82) is 0 Å². The zero-order valence-corrected chi connectivity index (χ0v) is 70.8. The van der Waals surface area contributed by atoms with Gasteiger partial charge in [0.05, 0.1) is 26.4 Å². The van der Waals surface area contributed by atoms with Crippen molar-refractivity contribution >= 4 is 39.5 Å². The number of phosphoric acid groups is 2. The number of carbonyl (C=O) groups excluding carboxylic acids is 4. The average Bonchev–Trinajstić information content (AvgIpc) is 0.904. The van der Waals surface area contributed by atoms with E-state index in [4.69, 9.17) is 37.0 Å². The topological polar surface area (TPSA) is 237 Å². The zero-order valence-electron chi connectivity index (χ0n) is 69.0. The second-order valence-corrected chi connectivity index (χ2v) is 34.6. The molecule has 0 aliphatic heterocycles. The Balaban J connectivity index is 5.22. The van der Waals surface area contributed by atoms with E-state index in [-0.39, 0.29) is 25.7 Å². The van der Waals surface area contributed by atoms with Gasteiger partial charge in [0.25, 0.3) is 0 Å². The highest BCUT2D eigenvalue weighted by Crippen LogP contribution is 2.45. The van der Waals surface area contributed by atoms with Crippen molar-refractivity contribution in [1.82, 2.24) is 0 Å². The standard InChI is InChI=1S/C86H168O17P2/c1-7-10-12-14-16-18-20-22-23-24-25-29-32-35-39-45-51-57-63-69-84(89)97-74-81(102-85(90)70-64-58-52-46-40-36-33-30-27-26-28-31-34-37-43-49-55-61-67-79(6)9-3)76-100-104(92,93)98-72-80(87)73-99-105(94,95)101-77-82(103-86(91)71-65-59-53-47-41-42-48-54-60-66-78(4)5)75-96-83(88)68-62-56-50-44-38-21-19-17-15-13-11-8-2/h78-82,87H,7-77H2,1-6H3,(H,92,93)(H,94,95)/t79?,80-,81-,82-/m1/s1. The van der Waals surface area contributed by atoms with Gasteiger partial charge in [0.1, 0.15) is 19.3 Å². The molecule has 0 saturated heterocycles. The number of carbonyl (C=O) groups is 4. The molecule has 0 bridgehead atoms. The quantitative estimate of drug-likeness (QED) is 0.0222. The molecule has 0 aromatic rings. The number of aliphatic hydroxyl groups is 1. The van der Waals surface area contributed by atoms with E-state index in [0.717, 1.165) is 102 Å². The van der Waals surface area contributed by atoms with Gasteiger partial charge >= 0.3 is 39.5 Å². The first-order chi connectivity index (χ1) is 50.9. The van der Waals surface area contributed by atoms with Crippen LogP contribution in [0.2, 0.25) is 0 Å². The number of hydrogen-bond donors (Lipinski definition) is 3. The monoisotopic (exact) mass is 1540 g/mol. The Kier molecular flexibility index (Phi) is 76.0. The number of unbranched alkanes of at least 4 members (excludes halogenated alkanes) is 54. The van der Waals surface area contributed by atoms with Gasteiger partial charge in [-0.25, -0.2) is 9.13 Å². The summed E-state index contributed by atoms with van der Waals surface area (Å²) in [6.45, 7) is 9.71. The Morgan fingerprint density at radius 3 is 0.724 bits per heavy atom. The molecule has 0 rings (SSSR count). The number of ether oxygens (including phenoxy) is 4. The summed E-state index contributed by atoms with van der Waals surface area (Å²) >= 11 is 0. The smallest absolute Gasteiger partial charge is 0.462 e. The fraction of sp³-hybridized carbons (Fsp3) is 0.953. The van der Waals surface area contributed by atoms with Crippen molar-refractivity contribution < 1.29 is 80.2 Å². The lowest BCUT2D eigenvalue weighted by Gasteiger charge is -2.21. The van der Waals surface area contributed by atoms with Crippen molar-refractivity contribution in [2.24, 2.45) is 11.8 Å². The molecular weight excluding hydrogens is 1370 g/mol. The van der Waals surface area contributed by atoms with E-state index in [9.17, 15) is 43.2 Å². The summed E-state index contributed by atoms with van der Waals surface area (Å²) in [5.74, 6) is -0.495. The molecule has 0 saturated carbocycles. The second-order valence-electron chi connectivity index (χ2n) is 31.6. The van der Waals surface area contributed by atoms with Crippen LogP contribution in [-0.2, 0) is 65.4 Å². The number of hydrogen-bond acceptors (Lipinski definition) is 15. The van der Waals surface area contributed by atoms with E-state index < -0.39 is 97.5 Å². The number of esters is 4. The van der Waals surface area contributed by atoms with Crippen molar-refractivity contribution in [3.8, 4) is 0 Å². The number of rotatable bonds is 85. The molecule has 0 aromatic heterocycles. The van der Waals surface area contributed by atoms with Gasteiger partial charge in [-0.05, 0) is 37.5 Å². The first-order valence-electron chi connectivity index (χ1n) is 44.5. The summed E-state index contributed by atoms with van der Waals surface area (Å²) in [7, 11) is -9.93. The van der Waals surface area contributed by atoms with E-state index >= 15 is 0 Å². The van der Waals surface area contributed by atoms with E-state index in [2.05, 4.69) is 41.5 Å². The van der Waals surface area contributed by atoms with Gasteiger partial charge in [0.2, 0.25) is 0 Å². The molecule has 0 amide bonds. The van der Waals surface area contributed by atoms with Crippen LogP contribution in [0, 0.1) is 11.8 Å². The molecule has 19 heteroatoms. The Hall–Kier alpha value is -1.94. The van der Waals surface area contributed by atoms with Crippen molar-refractivity contribution in [3.05, 3.63) is 0 Å². The van der Waals surface area contributed by atoms with Gasteiger partial charge in [-0.15, -0.1) is 0 Å². The fourth-order valence-corrected chi connectivity index (χ4v) is 15.0. The predicted molar refractivity (Wildman–Crippen MR) is 432 cm³/mol. The van der Waals surface area contributed by atoms with Crippen molar-refractivity contribution in [3.63, 3.8) is 0 Å². The van der Waals surface area contributed by atoms with Gasteiger partial charge in [0.15, 0.2) is 12.2 Å². The van der Waals surface area contributed by atoms with Crippen LogP contribution >= 0.6 is 15.6 Å². The van der Waals surface area contributed by atoms with Gasteiger partial charge in [-0.3, -0.25) is 37.3 Å². The second kappa shape index (κ2) is 77.4. The Labute approximate surface area is 645 Å². The molecule has 3 N–H and O–H groups in total. The summed E-state index contributed by atoms with van der Waals surface area (Å²) in [6, 6.07) is 0. The highest BCUT2D eigenvalue weighted by molar-refractivity contribution is 7.47. The third kappa shape index (κ3) is 78.5. The molecule has 0 heterocycles. The minimum Gasteiger partial charge on any atom is -0.462 e. The summed E-state index contributed by atoms with van der Waals surface area (Å²) in [5.41, 5.74) is 0. The van der Waals surface area contributed by atoms with Crippen LogP contribution in [0.3, 0.4) is 0 Å². The van der Waals surface area contributed by atoms with Crippen LogP contribution in [0.25, 0.3) is 0 Å². The van der Waals surface area contributed by atoms with Crippen LogP contribution in [0.15, 0.2) is 0 Å². The number of aliphatic hydroxyl groups excluding tert-OH is 1. The average molecular weight is 1540 g/mol. The summed E-state index contributed by atoms with van der Waals surface area (Å²) < 4.78 is 68.9. The fourth-order valence-electron chi connectivity index (χ4n) is 13.4. The third-order valence-corrected chi connectivity index (χ3v) is 22.5. The van der Waals surface area contributed by atoms with Crippen LogP contribution in [0.1, 0.15) is 459 Å². The SMILES string of the molecule is CCCCCCCCCCCCCCCCCCCCCC(=O)OC[C@H](COP(=O)(O)OC[C@@H](O)COP(=O)(O)OC[C@@H](COC(=O)CCCCCCCCCCCCCC)OC(=O)CCCCCCCCCCCC(C)C)OC(=O)CCCCCCCCCCCCCCCCCCCCC(C)CC. The lowest BCUT2D eigenvalue weighted by molar-refractivity contribution is -0.161. The number of phosphoric ester groups is 2. The molecule has 0 aromatic carbocycles. The van der Waals surface area contributed by atoms with Gasteiger partial charge in [-0.2, -0.15) is 0 Å². The molecule has 0 aliphatic carbocycles. The third-order valence-electron chi connectivity index (χ3n) is 20.6. The minimum absolute atomic E-state index is 0.106. The summed E-state index contributed by atoms with van der Waals surface area (Å²) in [5, 5.41) is 10.7. The molecule has 6 atom stereocenters. The molecule has 0 radical (unpaired) electrons. The minimum atomic E-state index is -4.97. The normalized spacial score (nSPS) is 14.1. The van der Waals surface area contributed by atoms with Gasteiger partial charge < -0.3 is 33.8 Å². The molecule has 0 aliphatic rings. The van der Waals surface area contributed by atoms with Crippen LogP contribution in [0.4, 0.5) is 0 Å². The highest BCUT2D eigenvalue weighted by Gasteiger charge is 2.30. The summed E-state index contributed by atoms with van der Waals surface area (Å²) in [6.07, 6.45) is 69.4. The lowest BCUT2D eigenvalue weighted by atomic mass is 9.99. The van der Waals surface area contributed by atoms with Crippen molar-refractivity contribution in [2.45, 2.75) is 477 Å². The van der Waals surface area contributed by atoms with E-state index in [0.29, 0.717) is 25.7 Å². The Morgan fingerprint density at radius 1 is 0.276 bits per heavy atom. The lowest BCUT2D eigenvalue weighted by Crippen LogP contribution is -2.30. The first kappa shape index (κ1) is 103. The van der Waals surface area contributed by atoms with E-state index in [1.54, 1.807) is 0 Å².